The average Bonchev–Trinajstić information content (AvgIpc) is 4.04. The van der Waals surface area contributed by atoms with Crippen LogP contribution >= 0.6 is 0 Å². The van der Waals surface area contributed by atoms with Crippen LogP contribution in [0.1, 0.15) is 182 Å². The van der Waals surface area contributed by atoms with Gasteiger partial charge in [-0.15, -0.1) is 5.10 Å². The highest BCUT2D eigenvalue weighted by Crippen LogP contribution is 2.70. The van der Waals surface area contributed by atoms with Crippen molar-refractivity contribution in [1.29, 1.82) is 0 Å². The Morgan fingerprint density at radius 3 is 1.60 bits per heavy atom. The molecule has 414 valence electrons. The van der Waals surface area contributed by atoms with Gasteiger partial charge in [0.05, 0.1) is 48.7 Å². The summed E-state index contributed by atoms with van der Waals surface area (Å²) < 4.78 is 71.1. The Morgan fingerprint density at radius 2 is 1.11 bits per heavy atom. The first-order valence-corrected chi connectivity index (χ1v) is 31.9. The molecule has 0 aromatic carbocycles. The van der Waals surface area contributed by atoms with Crippen LogP contribution in [0.5, 0.6) is 0 Å². The van der Waals surface area contributed by atoms with Gasteiger partial charge in [-0.1, -0.05) is 46.8 Å². The van der Waals surface area contributed by atoms with Gasteiger partial charge in [0, 0.05) is 25.9 Å². The van der Waals surface area contributed by atoms with E-state index in [1.54, 1.807) is 0 Å². The molecule has 1 aromatic heterocycles. The number of rotatable bonds is 18. The van der Waals surface area contributed by atoms with Crippen LogP contribution in [0, 0.1) is 92.7 Å². The summed E-state index contributed by atoms with van der Waals surface area (Å²) in [5, 5.41) is 38.8. The molecule has 0 saturated heterocycles. The van der Waals surface area contributed by atoms with Crippen molar-refractivity contribution < 1.29 is 50.5 Å². The van der Waals surface area contributed by atoms with Crippen molar-refractivity contribution in [2.45, 2.75) is 201 Å². The van der Waals surface area contributed by atoms with Gasteiger partial charge in [-0.25, -0.2) is 4.68 Å². The van der Waals surface area contributed by atoms with E-state index in [2.05, 4.69) is 68.2 Å². The molecule has 18 heteroatoms. The van der Waals surface area contributed by atoms with Gasteiger partial charge in [-0.2, -0.15) is 16.8 Å². The summed E-state index contributed by atoms with van der Waals surface area (Å²) in [6, 6.07) is 0.237. The quantitative estimate of drug-likeness (QED) is 0.0769. The van der Waals surface area contributed by atoms with Crippen molar-refractivity contribution in [3.05, 3.63) is 11.9 Å². The summed E-state index contributed by atoms with van der Waals surface area (Å²) >= 11 is 0. The Bertz CT molecular complexity index is 2370. The topological polar surface area (TPSA) is 247 Å². The molecule has 1 aromatic rings. The first-order valence-electron chi connectivity index (χ1n) is 28.6. The molecule has 8 saturated carbocycles. The van der Waals surface area contributed by atoms with E-state index >= 15 is 0 Å². The van der Waals surface area contributed by atoms with E-state index in [4.69, 9.17) is 19.1 Å². The summed E-state index contributed by atoms with van der Waals surface area (Å²) in [4.78, 5) is 25.1. The molecule has 8 fully saturated rings. The molecule has 2 amide bonds. The number of amides is 2. The van der Waals surface area contributed by atoms with Gasteiger partial charge >= 0.3 is 0 Å². The number of fused-ring (bicyclic) bond motifs is 10. The smallest absolute Gasteiger partial charge is 0.266 e. The molecule has 8 aliphatic rings. The van der Waals surface area contributed by atoms with Crippen molar-refractivity contribution in [3.8, 4) is 0 Å². The predicted molar refractivity (Wildman–Crippen MR) is 276 cm³/mol. The SMILES string of the molecule is C[C@H](CCC(=O)NCCS(=O)(=O)O)[C@H]1CC[C@H]2[C@@H]3[C@@H](O)CC4C[C@H](n5cc(CO[C@@H]6CC[C@@]7(C)C(C6)C[C@@H](O)[C@H]6[C@@H]8CC[C@H]([C@@H](C)CCC(=O)NCCS(=O)(=O)O)[C@@]8(C)CC[C@@H]67)nn5)CC[C@]4(C)[C@H]3CC[C@]12C. The second kappa shape index (κ2) is 21.2. The number of ether oxygens (including phenoxy) is 1. The maximum atomic E-state index is 12.5. The number of hydrogen-bond donors (Lipinski definition) is 6. The number of nitrogens with one attached hydrogen (secondary N) is 2. The molecule has 0 bridgehead atoms. The third-order valence-corrected chi connectivity index (χ3v) is 24.7. The molecule has 2 unspecified atom stereocenters. The third-order valence-electron chi connectivity index (χ3n) is 23.2. The Hall–Kier alpha value is -2.22. The summed E-state index contributed by atoms with van der Waals surface area (Å²) in [6.07, 6.45) is 20.5. The molecule has 16 nitrogen and oxygen atoms in total. The molecular weight excluding hydrogens is 971 g/mol. The van der Waals surface area contributed by atoms with E-state index in [9.17, 15) is 36.6 Å². The number of hydrogen-bond acceptors (Lipinski definition) is 11. The second-order valence-corrected chi connectivity index (χ2v) is 29.8. The van der Waals surface area contributed by atoms with Crippen LogP contribution in [0.15, 0.2) is 6.20 Å². The van der Waals surface area contributed by atoms with Crippen LogP contribution in [0.4, 0.5) is 0 Å². The van der Waals surface area contributed by atoms with E-state index in [1.165, 1.54) is 0 Å². The van der Waals surface area contributed by atoms with Crippen LogP contribution in [-0.4, -0.2) is 106 Å². The fourth-order valence-corrected chi connectivity index (χ4v) is 20.1. The lowest BCUT2D eigenvalue weighted by atomic mass is 9.43. The summed E-state index contributed by atoms with van der Waals surface area (Å²) in [7, 11) is -8.23. The van der Waals surface area contributed by atoms with Crippen LogP contribution in [0.2, 0.25) is 0 Å². The van der Waals surface area contributed by atoms with E-state index in [-0.39, 0.29) is 82.8 Å². The highest BCUT2D eigenvalue weighted by atomic mass is 32.2. The number of aliphatic hydroxyl groups is 2. The third kappa shape index (κ3) is 11.1. The number of carbonyl (C=O) groups excluding carboxylic acids is 2. The lowest BCUT2D eigenvalue weighted by molar-refractivity contribution is -0.179. The van der Waals surface area contributed by atoms with Crippen LogP contribution in [0.3, 0.4) is 0 Å². The fourth-order valence-electron chi connectivity index (χ4n) is 19.4. The second-order valence-electron chi connectivity index (χ2n) is 26.7. The monoisotopic (exact) mass is 1060 g/mol. The van der Waals surface area contributed by atoms with Crippen LogP contribution in [-0.2, 0) is 41.2 Å². The van der Waals surface area contributed by atoms with Crippen molar-refractivity contribution in [2.75, 3.05) is 24.6 Å². The summed E-state index contributed by atoms with van der Waals surface area (Å²) in [5.74, 6) is 3.57. The first kappa shape index (κ1) is 55.5. The number of nitrogens with zero attached hydrogens (tertiary/aromatic N) is 3. The fraction of sp³-hybridized carbons (Fsp3) is 0.927. The molecule has 1 heterocycles. The minimum Gasteiger partial charge on any atom is -0.393 e. The van der Waals surface area contributed by atoms with Gasteiger partial charge in [-0.05, 0) is 208 Å². The van der Waals surface area contributed by atoms with Crippen molar-refractivity contribution in [2.24, 2.45) is 92.7 Å². The molecular formula is C55H91N5O11S2. The molecule has 0 spiro atoms. The zero-order chi connectivity index (χ0) is 52.5. The van der Waals surface area contributed by atoms with E-state index in [1.807, 2.05) is 0 Å². The molecule has 20 atom stereocenters. The van der Waals surface area contributed by atoms with E-state index in [0.29, 0.717) is 78.6 Å². The van der Waals surface area contributed by atoms with E-state index in [0.717, 1.165) is 121 Å². The summed E-state index contributed by atoms with van der Waals surface area (Å²) in [5.41, 5.74) is 1.42. The largest absolute Gasteiger partial charge is 0.393 e. The normalized spacial score (nSPS) is 43.0. The zero-order valence-corrected chi connectivity index (χ0v) is 46.4. The Labute approximate surface area is 436 Å². The van der Waals surface area contributed by atoms with Crippen molar-refractivity contribution in [1.82, 2.24) is 25.6 Å². The molecule has 8 aliphatic carbocycles. The van der Waals surface area contributed by atoms with Gasteiger partial charge in [-0.3, -0.25) is 18.7 Å². The Balaban J connectivity index is 0.742. The highest BCUT2D eigenvalue weighted by molar-refractivity contribution is 7.86. The van der Waals surface area contributed by atoms with Gasteiger partial charge in [0.25, 0.3) is 20.2 Å². The van der Waals surface area contributed by atoms with Gasteiger partial charge < -0.3 is 25.6 Å². The molecule has 6 N–H and O–H groups in total. The molecule has 9 rings (SSSR count). The van der Waals surface area contributed by atoms with Crippen LogP contribution < -0.4 is 10.6 Å². The maximum Gasteiger partial charge on any atom is 0.266 e. The Kier molecular flexibility index (Phi) is 16.1. The number of aliphatic hydroxyl groups excluding tert-OH is 2. The number of carbonyl (C=O) groups is 2. The number of aromatic nitrogens is 3. The lowest BCUT2D eigenvalue weighted by Crippen LogP contribution is -2.58. The maximum absolute atomic E-state index is 12.5. The Morgan fingerprint density at radius 1 is 0.658 bits per heavy atom. The zero-order valence-electron chi connectivity index (χ0n) is 44.8. The summed E-state index contributed by atoms with van der Waals surface area (Å²) in [6.45, 7) is 14.7. The minimum absolute atomic E-state index is 0.0856. The van der Waals surface area contributed by atoms with Crippen molar-refractivity contribution >= 4 is 32.1 Å². The lowest BCUT2D eigenvalue weighted by Gasteiger charge is -2.62. The molecule has 73 heavy (non-hydrogen) atoms. The van der Waals surface area contributed by atoms with E-state index < -0.39 is 31.7 Å². The molecule has 0 radical (unpaired) electrons. The van der Waals surface area contributed by atoms with Gasteiger partial charge in [0.2, 0.25) is 11.8 Å². The first-order chi connectivity index (χ1) is 34.3. The molecule has 0 aliphatic heterocycles. The van der Waals surface area contributed by atoms with Gasteiger partial charge in [0.15, 0.2) is 0 Å². The predicted octanol–water partition coefficient (Wildman–Crippen LogP) is 7.80. The minimum atomic E-state index is -4.11. The standard InChI is InChI=1S/C55H91N5O11S2/c1-33(7-13-48(63)56-23-25-72(65,66)67)40-9-11-42-50-44(17-21-54(40,42)5)52(3)19-15-38(27-35(52)29-46(50)61)60-31-37(58-59-60)32-71-39-16-20-53(4)36(28-39)30-47(62)51-43-12-10-41(55(43,6)22-18-45(51)53)34(2)8-14-49(64)57-24-26-73(68,69)70/h31,33-36,38-47,50-51,61-62H,7-30,32H2,1-6H3,(H,56,63)(H,57,64)(H,65,66,67)(H,68,69,70)/t33-,34+,35?,36?,38-,39-,40-,41-,42+,43+,44+,45+,46+,47-,50+,51+,52+,53+,54-,55-/m1/s1. The highest BCUT2D eigenvalue weighted by Gasteiger charge is 2.65. The van der Waals surface area contributed by atoms with Crippen LogP contribution in [0.25, 0.3) is 0 Å². The van der Waals surface area contributed by atoms with Crippen molar-refractivity contribution in [3.63, 3.8) is 0 Å². The average molecular weight is 1060 g/mol. The van der Waals surface area contributed by atoms with Gasteiger partial charge in [0.1, 0.15) is 5.69 Å².